The van der Waals surface area contributed by atoms with Crippen LogP contribution in [-0.2, 0) is 4.74 Å². The predicted octanol–water partition coefficient (Wildman–Crippen LogP) is 1.36. The van der Waals surface area contributed by atoms with E-state index in [1.165, 1.54) is 5.56 Å². The average molecular weight is 193 g/mol. The minimum Gasteiger partial charge on any atom is -0.508 e. The number of phenolic OH excluding ortho intramolecular Hbond substituents is 1. The molecule has 1 aliphatic heterocycles. The van der Waals surface area contributed by atoms with Crippen molar-refractivity contribution >= 4 is 0 Å². The second-order valence-corrected chi connectivity index (χ2v) is 3.62. The molecule has 0 saturated carbocycles. The van der Waals surface area contributed by atoms with Crippen LogP contribution in [0.4, 0.5) is 0 Å². The van der Waals surface area contributed by atoms with Crippen LogP contribution in [0.2, 0.25) is 0 Å². The van der Waals surface area contributed by atoms with Crippen LogP contribution in [0.3, 0.4) is 0 Å². The summed E-state index contributed by atoms with van der Waals surface area (Å²) in [5.74, 6) is 0.318. The lowest BCUT2D eigenvalue weighted by Gasteiger charge is -2.25. The molecule has 1 heterocycles. The lowest BCUT2D eigenvalue weighted by atomic mass is 10.0. The molecule has 0 radical (unpaired) electrons. The van der Waals surface area contributed by atoms with Crippen molar-refractivity contribution in [2.75, 3.05) is 19.8 Å². The monoisotopic (exact) mass is 193 g/mol. The number of hydrogen-bond acceptors (Lipinski definition) is 3. The number of phenols is 1. The third kappa shape index (κ3) is 1.89. The fourth-order valence-electron chi connectivity index (χ4n) is 1.77. The fraction of sp³-hybridized carbons (Fsp3) is 0.455. The van der Waals surface area contributed by atoms with Gasteiger partial charge in [-0.25, -0.2) is 0 Å². The number of hydrogen-bond donors (Lipinski definition) is 2. The number of nitrogens with one attached hydrogen (secondary N) is 1. The highest BCUT2D eigenvalue weighted by Crippen LogP contribution is 2.23. The Morgan fingerprint density at radius 3 is 3.07 bits per heavy atom. The molecule has 76 valence electrons. The van der Waals surface area contributed by atoms with Crippen LogP contribution < -0.4 is 5.32 Å². The maximum Gasteiger partial charge on any atom is 0.115 e. The van der Waals surface area contributed by atoms with Crippen molar-refractivity contribution in [2.24, 2.45) is 0 Å². The van der Waals surface area contributed by atoms with E-state index in [9.17, 15) is 5.11 Å². The van der Waals surface area contributed by atoms with Gasteiger partial charge in [0.25, 0.3) is 0 Å². The van der Waals surface area contributed by atoms with Gasteiger partial charge < -0.3 is 15.2 Å². The summed E-state index contributed by atoms with van der Waals surface area (Å²) in [5, 5.41) is 12.8. The van der Waals surface area contributed by atoms with Crippen LogP contribution in [0, 0.1) is 6.92 Å². The van der Waals surface area contributed by atoms with Gasteiger partial charge in [-0.1, -0.05) is 6.07 Å². The molecule has 0 unspecified atom stereocenters. The van der Waals surface area contributed by atoms with Crippen molar-refractivity contribution in [1.82, 2.24) is 5.32 Å². The van der Waals surface area contributed by atoms with E-state index in [4.69, 9.17) is 4.74 Å². The van der Waals surface area contributed by atoms with Gasteiger partial charge in [-0.15, -0.1) is 0 Å². The molecule has 3 nitrogen and oxygen atoms in total. The van der Waals surface area contributed by atoms with E-state index < -0.39 is 0 Å². The van der Waals surface area contributed by atoms with Crippen molar-refractivity contribution in [1.29, 1.82) is 0 Å². The van der Waals surface area contributed by atoms with Crippen molar-refractivity contribution in [3.63, 3.8) is 0 Å². The molecule has 14 heavy (non-hydrogen) atoms. The fourth-order valence-corrected chi connectivity index (χ4v) is 1.77. The van der Waals surface area contributed by atoms with Crippen molar-refractivity contribution in [2.45, 2.75) is 13.0 Å². The van der Waals surface area contributed by atoms with Gasteiger partial charge in [-0.05, 0) is 30.2 Å². The van der Waals surface area contributed by atoms with Crippen LogP contribution in [0.15, 0.2) is 18.2 Å². The van der Waals surface area contributed by atoms with Crippen molar-refractivity contribution < 1.29 is 9.84 Å². The lowest BCUT2D eigenvalue weighted by Crippen LogP contribution is -2.34. The first-order valence-corrected chi connectivity index (χ1v) is 4.88. The molecular weight excluding hydrogens is 178 g/mol. The highest BCUT2D eigenvalue weighted by atomic mass is 16.5. The van der Waals surface area contributed by atoms with Gasteiger partial charge in [0.15, 0.2) is 0 Å². The Hall–Kier alpha value is -1.06. The summed E-state index contributed by atoms with van der Waals surface area (Å²) in [6.45, 7) is 4.38. The van der Waals surface area contributed by atoms with E-state index in [-0.39, 0.29) is 6.04 Å². The summed E-state index contributed by atoms with van der Waals surface area (Å²) >= 11 is 0. The number of rotatable bonds is 1. The Morgan fingerprint density at radius 2 is 2.36 bits per heavy atom. The smallest absolute Gasteiger partial charge is 0.115 e. The van der Waals surface area contributed by atoms with Crippen LogP contribution >= 0.6 is 0 Å². The minimum atomic E-state index is 0.218. The molecule has 0 spiro atoms. The zero-order chi connectivity index (χ0) is 9.97. The maximum atomic E-state index is 9.40. The van der Waals surface area contributed by atoms with Gasteiger partial charge in [0.2, 0.25) is 0 Å². The van der Waals surface area contributed by atoms with E-state index in [2.05, 4.69) is 5.32 Å². The van der Waals surface area contributed by atoms with Crippen LogP contribution in [0.25, 0.3) is 0 Å². The third-order valence-electron chi connectivity index (χ3n) is 2.56. The SMILES string of the molecule is Cc1ccc(O)cc1[C@@H]1COCCN1. The lowest BCUT2D eigenvalue weighted by molar-refractivity contribution is 0.0766. The van der Waals surface area contributed by atoms with Crippen molar-refractivity contribution in [3.8, 4) is 5.75 Å². The Balaban J connectivity index is 2.24. The Labute approximate surface area is 83.7 Å². The number of aromatic hydroxyl groups is 1. The van der Waals surface area contributed by atoms with Crippen LogP contribution in [0.5, 0.6) is 5.75 Å². The van der Waals surface area contributed by atoms with Crippen molar-refractivity contribution in [3.05, 3.63) is 29.3 Å². The van der Waals surface area contributed by atoms with Gasteiger partial charge in [-0.2, -0.15) is 0 Å². The quantitative estimate of drug-likeness (QED) is 0.707. The second-order valence-electron chi connectivity index (χ2n) is 3.62. The van der Waals surface area contributed by atoms with E-state index in [0.717, 1.165) is 18.7 Å². The zero-order valence-corrected chi connectivity index (χ0v) is 8.29. The largest absolute Gasteiger partial charge is 0.508 e. The number of aryl methyl sites for hydroxylation is 1. The van der Waals surface area contributed by atoms with E-state index in [0.29, 0.717) is 12.4 Å². The molecule has 1 aliphatic rings. The molecule has 1 saturated heterocycles. The highest BCUT2D eigenvalue weighted by Gasteiger charge is 2.17. The van der Waals surface area contributed by atoms with Gasteiger partial charge in [0.1, 0.15) is 5.75 Å². The normalized spacial score (nSPS) is 22.2. The van der Waals surface area contributed by atoms with Gasteiger partial charge in [0.05, 0.1) is 19.3 Å². The Morgan fingerprint density at radius 1 is 1.50 bits per heavy atom. The minimum absolute atomic E-state index is 0.218. The first kappa shape index (κ1) is 9.49. The summed E-state index contributed by atoms with van der Waals surface area (Å²) in [7, 11) is 0. The summed E-state index contributed by atoms with van der Waals surface area (Å²) in [6.07, 6.45) is 0. The number of morpholine rings is 1. The molecule has 0 aliphatic carbocycles. The van der Waals surface area contributed by atoms with Gasteiger partial charge in [0, 0.05) is 6.54 Å². The summed E-state index contributed by atoms with van der Waals surface area (Å²) in [5.41, 5.74) is 2.32. The zero-order valence-electron chi connectivity index (χ0n) is 8.29. The first-order valence-electron chi connectivity index (χ1n) is 4.88. The predicted molar refractivity (Wildman–Crippen MR) is 54.4 cm³/mol. The van der Waals surface area contributed by atoms with E-state index in [1.807, 2.05) is 19.1 Å². The number of benzene rings is 1. The van der Waals surface area contributed by atoms with E-state index in [1.54, 1.807) is 6.07 Å². The average Bonchev–Trinajstić information content (AvgIpc) is 2.23. The second kappa shape index (κ2) is 3.98. The maximum absolute atomic E-state index is 9.40. The number of ether oxygens (including phenoxy) is 1. The molecule has 0 aromatic heterocycles. The standard InChI is InChI=1S/C11H15NO2/c1-8-2-3-9(13)6-10(8)11-7-14-5-4-12-11/h2-3,6,11-13H,4-5,7H2,1H3/t11-/m0/s1. The van der Waals surface area contributed by atoms with Gasteiger partial charge in [-0.3, -0.25) is 0 Å². The molecular formula is C11H15NO2. The summed E-state index contributed by atoms with van der Waals surface area (Å²) < 4.78 is 5.39. The van der Waals surface area contributed by atoms with E-state index >= 15 is 0 Å². The Bertz CT molecular complexity index is 319. The third-order valence-corrected chi connectivity index (χ3v) is 2.56. The van der Waals surface area contributed by atoms with Gasteiger partial charge >= 0.3 is 0 Å². The molecule has 3 heteroatoms. The first-order chi connectivity index (χ1) is 6.77. The molecule has 1 aromatic rings. The molecule has 2 rings (SSSR count). The molecule has 1 atom stereocenters. The molecule has 1 fully saturated rings. The van der Waals surface area contributed by atoms with Crippen LogP contribution in [-0.4, -0.2) is 24.9 Å². The molecule has 1 aromatic carbocycles. The summed E-state index contributed by atoms with van der Waals surface area (Å²) in [6, 6.07) is 5.67. The highest BCUT2D eigenvalue weighted by molar-refractivity contribution is 5.36. The molecule has 2 N–H and O–H groups in total. The van der Waals surface area contributed by atoms with Crippen LogP contribution in [0.1, 0.15) is 17.2 Å². The molecule has 0 bridgehead atoms. The topological polar surface area (TPSA) is 41.5 Å². The molecule has 0 amide bonds. The summed E-state index contributed by atoms with van der Waals surface area (Å²) in [4.78, 5) is 0. The Kier molecular flexibility index (Phi) is 2.70.